The largest absolute Gasteiger partial charge is 0.384 e. The highest BCUT2D eigenvalue weighted by Gasteiger charge is 2.40. The average molecular weight is 303 g/mol. The molecule has 0 atom stereocenters. The van der Waals surface area contributed by atoms with Crippen LogP contribution in [0.25, 0.3) is 0 Å². The zero-order valence-electron chi connectivity index (χ0n) is 8.85. The van der Waals surface area contributed by atoms with Gasteiger partial charge in [-0.15, -0.1) is 0 Å². The third-order valence-electron chi connectivity index (χ3n) is 3.70. The van der Waals surface area contributed by atoms with E-state index in [2.05, 4.69) is 27.3 Å². The van der Waals surface area contributed by atoms with E-state index in [9.17, 15) is 0 Å². The van der Waals surface area contributed by atoms with Gasteiger partial charge in [-0.25, -0.2) is 0 Å². The van der Waals surface area contributed by atoms with Gasteiger partial charge in [0.15, 0.2) is 0 Å². The Morgan fingerprint density at radius 3 is 2.81 bits per heavy atom. The molecule has 1 saturated heterocycles. The highest BCUT2D eigenvalue weighted by Crippen LogP contribution is 2.46. The number of ether oxygens (including phenoxy) is 1. The molecule has 0 aromatic heterocycles. The molecule has 0 aliphatic carbocycles. The van der Waals surface area contributed by atoms with Crippen molar-refractivity contribution < 1.29 is 4.74 Å². The third kappa shape index (κ3) is 1.57. The molecule has 86 valence electrons. The molecule has 1 N–H and O–H groups in total. The Kier molecular flexibility index (Phi) is 2.65. The van der Waals surface area contributed by atoms with Gasteiger partial charge in [0.2, 0.25) is 0 Å². The second-order valence-electron chi connectivity index (χ2n) is 4.56. The summed E-state index contributed by atoms with van der Waals surface area (Å²) >= 11 is 9.62. The highest BCUT2D eigenvalue weighted by atomic mass is 79.9. The van der Waals surface area contributed by atoms with Crippen molar-refractivity contribution in [1.82, 2.24) is 0 Å². The fourth-order valence-electron chi connectivity index (χ4n) is 2.70. The Hall–Kier alpha value is -0.250. The van der Waals surface area contributed by atoms with Gasteiger partial charge in [0.1, 0.15) is 0 Å². The highest BCUT2D eigenvalue weighted by molar-refractivity contribution is 9.10. The molecular weight excluding hydrogens is 289 g/mol. The number of halogens is 2. The first-order valence-corrected chi connectivity index (χ1v) is 6.70. The quantitative estimate of drug-likeness (QED) is 0.791. The van der Waals surface area contributed by atoms with E-state index in [1.165, 1.54) is 11.3 Å². The first-order valence-electron chi connectivity index (χ1n) is 5.52. The predicted octanol–water partition coefficient (Wildman–Crippen LogP) is 3.58. The van der Waals surface area contributed by atoms with Crippen LogP contribution in [0, 0.1) is 0 Å². The van der Waals surface area contributed by atoms with E-state index >= 15 is 0 Å². The number of hydrogen-bond donors (Lipinski definition) is 1. The van der Waals surface area contributed by atoms with Gasteiger partial charge >= 0.3 is 0 Å². The zero-order chi connectivity index (χ0) is 11.2. The standard InChI is InChI=1S/C12H13BrClNO/c13-9-5-8-11(6-10(9)14)15-7-12(8)1-3-16-4-2-12/h5-6,15H,1-4,7H2. The van der Waals surface area contributed by atoms with Gasteiger partial charge < -0.3 is 10.1 Å². The lowest BCUT2D eigenvalue weighted by Gasteiger charge is -2.33. The van der Waals surface area contributed by atoms with Crippen LogP contribution >= 0.6 is 27.5 Å². The van der Waals surface area contributed by atoms with Crippen molar-refractivity contribution in [2.75, 3.05) is 25.1 Å². The second kappa shape index (κ2) is 3.90. The third-order valence-corrected chi connectivity index (χ3v) is 4.90. The van der Waals surface area contributed by atoms with Gasteiger partial charge in [0.05, 0.1) is 5.02 Å². The topological polar surface area (TPSA) is 21.3 Å². The van der Waals surface area contributed by atoms with Crippen LogP contribution in [0.1, 0.15) is 18.4 Å². The Labute approximate surface area is 108 Å². The molecule has 1 aromatic carbocycles. The number of fused-ring (bicyclic) bond motifs is 2. The minimum absolute atomic E-state index is 0.265. The summed E-state index contributed by atoms with van der Waals surface area (Å²) in [5.41, 5.74) is 2.85. The van der Waals surface area contributed by atoms with E-state index in [0.717, 1.165) is 42.1 Å². The molecule has 0 unspecified atom stereocenters. The molecule has 2 nitrogen and oxygen atoms in total. The van der Waals surface area contributed by atoms with Crippen molar-refractivity contribution in [3.05, 3.63) is 27.2 Å². The lowest BCUT2D eigenvalue weighted by Crippen LogP contribution is -2.35. The lowest BCUT2D eigenvalue weighted by molar-refractivity contribution is 0.0567. The first-order chi connectivity index (χ1) is 7.71. The van der Waals surface area contributed by atoms with Gasteiger partial charge in [-0.1, -0.05) is 11.6 Å². The van der Waals surface area contributed by atoms with E-state index in [-0.39, 0.29) is 5.41 Å². The number of anilines is 1. The molecule has 2 aliphatic heterocycles. The molecule has 1 fully saturated rings. The van der Waals surface area contributed by atoms with E-state index in [1.54, 1.807) is 0 Å². The van der Waals surface area contributed by atoms with Crippen molar-refractivity contribution in [1.29, 1.82) is 0 Å². The van der Waals surface area contributed by atoms with E-state index < -0.39 is 0 Å². The van der Waals surface area contributed by atoms with Crippen LogP contribution in [0.3, 0.4) is 0 Å². The van der Waals surface area contributed by atoms with Gasteiger partial charge in [0.25, 0.3) is 0 Å². The van der Waals surface area contributed by atoms with Gasteiger partial charge in [-0.05, 0) is 46.5 Å². The number of nitrogens with one attached hydrogen (secondary N) is 1. The van der Waals surface area contributed by atoms with Crippen LogP contribution in [0.2, 0.25) is 5.02 Å². The van der Waals surface area contributed by atoms with Crippen molar-refractivity contribution >= 4 is 33.2 Å². The Morgan fingerprint density at radius 1 is 1.31 bits per heavy atom. The van der Waals surface area contributed by atoms with Gasteiger partial charge in [0, 0.05) is 35.3 Å². The Morgan fingerprint density at radius 2 is 2.06 bits per heavy atom. The SMILES string of the molecule is Clc1cc2c(cc1Br)C1(CCOCC1)CN2. The average Bonchev–Trinajstić information content (AvgIpc) is 2.60. The Balaban J connectivity index is 2.07. The van der Waals surface area contributed by atoms with Gasteiger partial charge in [-0.2, -0.15) is 0 Å². The first kappa shape index (κ1) is 10.9. The number of hydrogen-bond acceptors (Lipinski definition) is 2. The summed E-state index contributed by atoms with van der Waals surface area (Å²) in [6.07, 6.45) is 2.20. The molecule has 3 rings (SSSR count). The number of rotatable bonds is 0. The maximum atomic E-state index is 6.11. The van der Waals surface area contributed by atoms with Crippen LogP contribution in [0.15, 0.2) is 16.6 Å². The van der Waals surface area contributed by atoms with Crippen LogP contribution in [0.4, 0.5) is 5.69 Å². The predicted molar refractivity (Wildman–Crippen MR) is 69.4 cm³/mol. The molecule has 0 radical (unpaired) electrons. The summed E-state index contributed by atoms with van der Waals surface area (Å²) in [7, 11) is 0. The fraction of sp³-hybridized carbons (Fsp3) is 0.500. The molecule has 1 spiro atoms. The van der Waals surface area contributed by atoms with Crippen LogP contribution < -0.4 is 5.32 Å². The van der Waals surface area contributed by atoms with Crippen molar-refractivity contribution in [2.45, 2.75) is 18.3 Å². The van der Waals surface area contributed by atoms with E-state index in [4.69, 9.17) is 16.3 Å². The smallest absolute Gasteiger partial charge is 0.0568 e. The van der Waals surface area contributed by atoms with Crippen LogP contribution in [-0.4, -0.2) is 19.8 Å². The second-order valence-corrected chi connectivity index (χ2v) is 5.82. The molecule has 0 bridgehead atoms. The molecule has 2 heterocycles. The molecule has 1 aromatic rings. The summed E-state index contributed by atoms with van der Waals surface area (Å²) in [5, 5.41) is 4.24. The van der Waals surface area contributed by atoms with Crippen molar-refractivity contribution in [3.63, 3.8) is 0 Å². The summed E-state index contributed by atoms with van der Waals surface area (Å²) in [4.78, 5) is 0. The summed E-state index contributed by atoms with van der Waals surface area (Å²) < 4.78 is 6.45. The van der Waals surface area contributed by atoms with E-state index in [0.29, 0.717) is 0 Å². The lowest BCUT2D eigenvalue weighted by atomic mass is 9.76. The molecular formula is C12H13BrClNO. The molecule has 16 heavy (non-hydrogen) atoms. The Bertz CT molecular complexity index is 429. The number of benzene rings is 1. The summed E-state index contributed by atoms with van der Waals surface area (Å²) in [6, 6.07) is 4.19. The van der Waals surface area contributed by atoms with Crippen LogP contribution in [0.5, 0.6) is 0 Å². The van der Waals surface area contributed by atoms with E-state index in [1.807, 2.05) is 6.07 Å². The molecule has 0 saturated carbocycles. The maximum Gasteiger partial charge on any atom is 0.0568 e. The normalized spacial score (nSPS) is 21.9. The monoisotopic (exact) mass is 301 g/mol. The van der Waals surface area contributed by atoms with Crippen LogP contribution in [-0.2, 0) is 10.2 Å². The summed E-state index contributed by atoms with van der Waals surface area (Å²) in [5.74, 6) is 0. The minimum Gasteiger partial charge on any atom is -0.384 e. The molecule has 4 heteroatoms. The summed E-state index contributed by atoms with van der Waals surface area (Å²) in [6.45, 7) is 2.74. The van der Waals surface area contributed by atoms with Crippen molar-refractivity contribution in [2.24, 2.45) is 0 Å². The fourth-order valence-corrected chi connectivity index (χ4v) is 3.21. The zero-order valence-corrected chi connectivity index (χ0v) is 11.2. The maximum absolute atomic E-state index is 6.11. The molecule has 0 amide bonds. The van der Waals surface area contributed by atoms with Gasteiger partial charge in [-0.3, -0.25) is 0 Å². The minimum atomic E-state index is 0.265. The van der Waals surface area contributed by atoms with Crippen molar-refractivity contribution in [3.8, 4) is 0 Å². The molecule has 2 aliphatic rings.